The minimum Gasteiger partial charge on any atom is -0.507 e. The smallest absolute Gasteiger partial charge is 0.231 e. The maximum atomic E-state index is 10.9. The second kappa shape index (κ2) is 21.8. The van der Waals surface area contributed by atoms with Crippen LogP contribution in [0.5, 0.6) is 34.5 Å². The number of hydrogen-bond acceptors (Lipinski definition) is 8. The summed E-state index contributed by atoms with van der Waals surface area (Å²) in [6, 6.07) is 17.8. The Bertz CT molecular complexity index is 2180. The second-order valence-corrected chi connectivity index (χ2v) is 15.5. The van der Waals surface area contributed by atoms with Crippen molar-refractivity contribution in [1.29, 1.82) is 0 Å². The normalized spacial score (nSPS) is 11.6. The van der Waals surface area contributed by atoms with Gasteiger partial charge in [-0.2, -0.15) is 0 Å². The van der Waals surface area contributed by atoms with Gasteiger partial charge in [0.25, 0.3) is 0 Å². The number of hydrogen-bond donors (Lipinski definition) is 1. The zero-order valence-electron chi connectivity index (χ0n) is 35.7. The van der Waals surface area contributed by atoms with Crippen LogP contribution in [0.25, 0.3) is 54.9 Å². The molecule has 8 heteroatoms. The SMILES string of the molecule is CCCCCOc1cc2c3cc(OCCCCC)c(OCCCCC)cc3c3c(cc(OCCCCC)c4oc(-c5ccccc5O)nc43)c2cc1OCCCCC. The number of phenolic OH excluding ortho intramolecular Hbond substituents is 1. The Hall–Kier alpha value is -4.85. The molecule has 6 aromatic rings. The topological polar surface area (TPSA) is 92.4 Å². The highest BCUT2D eigenvalue weighted by Crippen LogP contribution is 2.49. The van der Waals surface area contributed by atoms with Crippen molar-refractivity contribution in [3.8, 4) is 46.0 Å². The Kier molecular flexibility index (Phi) is 16.1. The van der Waals surface area contributed by atoms with Crippen molar-refractivity contribution in [2.24, 2.45) is 0 Å². The summed E-state index contributed by atoms with van der Waals surface area (Å²) in [4.78, 5) is 5.18. The third-order valence-electron chi connectivity index (χ3n) is 10.8. The van der Waals surface area contributed by atoms with Crippen molar-refractivity contribution in [1.82, 2.24) is 4.98 Å². The average Bonchev–Trinajstić information content (AvgIpc) is 3.68. The van der Waals surface area contributed by atoms with Crippen LogP contribution in [0.3, 0.4) is 0 Å². The van der Waals surface area contributed by atoms with Crippen LogP contribution in [0.4, 0.5) is 0 Å². The molecule has 0 spiro atoms. The quantitative estimate of drug-likeness (QED) is 0.0429. The summed E-state index contributed by atoms with van der Waals surface area (Å²) in [5.74, 6) is 3.96. The van der Waals surface area contributed by atoms with Crippen molar-refractivity contribution < 1.29 is 33.2 Å². The van der Waals surface area contributed by atoms with Gasteiger partial charge in [-0.15, -0.1) is 0 Å². The molecule has 0 saturated heterocycles. The summed E-state index contributed by atoms with van der Waals surface area (Å²) < 4.78 is 39.5. The third-order valence-corrected chi connectivity index (χ3v) is 10.8. The van der Waals surface area contributed by atoms with E-state index in [1.165, 1.54) is 0 Å². The van der Waals surface area contributed by atoms with E-state index < -0.39 is 0 Å². The molecule has 0 unspecified atom stereocenters. The Morgan fingerprint density at radius 1 is 0.466 bits per heavy atom. The van der Waals surface area contributed by atoms with E-state index in [1.807, 2.05) is 12.1 Å². The van der Waals surface area contributed by atoms with E-state index in [9.17, 15) is 5.11 Å². The lowest BCUT2D eigenvalue weighted by molar-refractivity contribution is 0.260. The Balaban J connectivity index is 1.68. The molecule has 0 fully saturated rings. The maximum absolute atomic E-state index is 10.9. The number of oxazole rings is 1. The molecule has 6 rings (SSSR count). The summed E-state index contributed by atoms with van der Waals surface area (Å²) in [6.45, 7) is 14.0. The van der Waals surface area contributed by atoms with Gasteiger partial charge in [-0.3, -0.25) is 0 Å². The fraction of sp³-hybridized carbons (Fsp3) is 0.500. The van der Waals surface area contributed by atoms with Crippen LogP contribution in [0, 0.1) is 0 Å². The molecular formula is C50H65NO7. The van der Waals surface area contributed by atoms with E-state index in [0.29, 0.717) is 67.1 Å². The van der Waals surface area contributed by atoms with E-state index in [4.69, 9.17) is 33.1 Å². The molecule has 58 heavy (non-hydrogen) atoms. The van der Waals surface area contributed by atoms with Crippen LogP contribution < -0.4 is 23.7 Å². The Morgan fingerprint density at radius 2 is 0.828 bits per heavy atom. The number of aromatic hydroxyl groups is 1. The Labute approximate surface area is 345 Å². The molecule has 0 atom stereocenters. The summed E-state index contributed by atoms with van der Waals surface area (Å²) in [5, 5.41) is 16.8. The van der Waals surface area contributed by atoms with E-state index in [0.717, 1.165) is 146 Å². The van der Waals surface area contributed by atoms with Gasteiger partial charge in [-0.05, 0) is 101 Å². The van der Waals surface area contributed by atoms with Gasteiger partial charge in [0.2, 0.25) is 5.89 Å². The molecule has 1 aromatic heterocycles. The molecule has 1 N–H and O–H groups in total. The number of phenols is 1. The molecule has 0 amide bonds. The molecule has 0 saturated carbocycles. The number of nitrogens with zero attached hydrogens (tertiary/aromatic N) is 1. The fourth-order valence-electron chi connectivity index (χ4n) is 7.53. The molecule has 312 valence electrons. The molecule has 0 radical (unpaired) electrons. The number of fused-ring (bicyclic) bond motifs is 8. The van der Waals surface area contributed by atoms with Crippen LogP contribution in [-0.4, -0.2) is 43.1 Å². The zero-order valence-corrected chi connectivity index (χ0v) is 35.7. The molecule has 8 nitrogen and oxygen atoms in total. The number of rotatable bonds is 26. The van der Waals surface area contributed by atoms with Crippen molar-refractivity contribution in [2.45, 2.75) is 131 Å². The van der Waals surface area contributed by atoms with Crippen molar-refractivity contribution in [3.63, 3.8) is 0 Å². The highest BCUT2D eigenvalue weighted by atomic mass is 16.5. The maximum Gasteiger partial charge on any atom is 0.231 e. The predicted octanol–water partition coefficient (Wildman–Crippen LogP) is 14.5. The lowest BCUT2D eigenvalue weighted by Crippen LogP contribution is -2.04. The number of aromatic nitrogens is 1. The monoisotopic (exact) mass is 791 g/mol. The first-order valence-corrected chi connectivity index (χ1v) is 22.3. The van der Waals surface area contributed by atoms with Gasteiger partial charge >= 0.3 is 0 Å². The summed E-state index contributed by atoms with van der Waals surface area (Å²) in [6.07, 6.45) is 15.8. The molecule has 5 aromatic carbocycles. The largest absolute Gasteiger partial charge is 0.507 e. The van der Waals surface area contributed by atoms with E-state index in [1.54, 1.807) is 12.1 Å². The first-order chi connectivity index (χ1) is 28.5. The van der Waals surface area contributed by atoms with E-state index in [-0.39, 0.29) is 5.75 Å². The summed E-state index contributed by atoms with van der Waals surface area (Å²) >= 11 is 0. The van der Waals surface area contributed by atoms with Gasteiger partial charge in [0.05, 0.1) is 38.6 Å². The summed E-state index contributed by atoms with van der Waals surface area (Å²) in [7, 11) is 0. The van der Waals surface area contributed by atoms with Crippen molar-refractivity contribution in [2.75, 3.05) is 33.0 Å². The zero-order chi connectivity index (χ0) is 40.7. The highest BCUT2D eigenvalue weighted by molar-refractivity contribution is 6.32. The van der Waals surface area contributed by atoms with E-state index >= 15 is 0 Å². The van der Waals surface area contributed by atoms with Crippen LogP contribution >= 0.6 is 0 Å². The van der Waals surface area contributed by atoms with Crippen molar-refractivity contribution >= 4 is 43.4 Å². The van der Waals surface area contributed by atoms with Gasteiger partial charge in [0.1, 0.15) is 11.3 Å². The number of unbranched alkanes of at least 4 members (excludes halogenated alkanes) is 10. The van der Waals surface area contributed by atoms with Gasteiger partial charge in [0.15, 0.2) is 34.3 Å². The number of para-hydroxylation sites is 1. The highest BCUT2D eigenvalue weighted by Gasteiger charge is 2.24. The van der Waals surface area contributed by atoms with E-state index in [2.05, 4.69) is 65.0 Å². The van der Waals surface area contributed by atoms with Crippen LogP contribution in [0.2, 0.25) is 0 Å². The molecular weight excluding hydrogens is 727 g/mol. The standard InChI is InChI=1S/C50H65NO7/c1-6-11-18-25-53-42-30-36-37-31-44(55-27-20-13-8-3)45(56-28-21-14-9-4)33-39(37)47-40(38(36)32-43(42)54-26-19-12-7-2)34-46(57-29-22-15-10-5)49-48(47)51-50(58-49)35-23-16-17-24-41(35)52/h16-17,23-24,30-34,52H,6-15,18-22,25-29H2,1-5H3. The molecule has 1 heterocycles. The van der Waals surface area contributed by atoms with Crippen LogP contribution in [0.15, 0.2) is 59.0 Å². The van der Waals surface area contributed by atoms with Gasteiger partial charge in [-0.1, -0.05) is 111 Å². The lowest BCUT2D eigenvalue weighted by Gasteiger charge is -2.20. The second-order valence-electron chi connectivity index (χ2n) is 15.5. The van der Waals surface area contributed by atoms with Gasteiger partial charge in [-0.25, -0.2) is 4.98 Å². The first-order valence-electron chi connectivity index (χ1n) is 22.3. The minimum absolute atomic E-state index is 0.100. The minimum atomic E-state index is 0.100. The van der Waals surface area contributed by atoms with Crippen LogP contribution in [0.1, 0.15) is 131 Å². The van der Waals surface area contributed by atoms with Crippen LogP contribution in [-0.2, 0) is 0 Å². The molecule has 0 bridgehead atoms. The summed E-state index contributed by atoms with van der Waals surface area (Å²) in [5.41, 5.74) is 1.72. The van der Waals surface area contributed by atoms with Crippen molar-refractivity contribution in [3.05, 3.63) is 54.6 Å². The lowest BCUT2D eigenvalue weighted by atomic mass is 9.92. The molecule has 0 aliphatic rings. The Morgan fingerprint density at radius 3 is 1.24 bits per heavy atom. The average molecular weight is 792 g/mol. The molecule has 0 aliphatic carbocycles. The van der Waals surface area contributed by atoms with Gasteiger partial charge < -0.3 is 33.2 Å². The third kappa shape index (κ3) is 10.2. The number of benzene rings is 5. The number of ether oxygens (including phenoxy) is 5. The fourth-order valence-corrected chi connectivity index (χ4v) is 7.53. The first kappa shape index (κ1) is 42.7. The predicted molar refractivity (Wildman–Crippen MR) is 239 cm³/mol. The van der Waals surface area contributed by atoms with Gasteiger partial charge in [0, 0.05) is 5.39 Å². The molecule has 0 aliphatic heterocycles.